The van der Waals surface area contributed by atoms with Gasteiger partial charge in [-0.05, 0) is 81.5 Å². The zero-order valence-corrected chi connectivity index (χ0v) is 22.9. The highest BCUT2D eigenvalue weighted by Crippen LogP contribution is 2.22. The van der Waals surface area contributed by atoms with Crippen molar-refractivity contribution < 1.29 is 22.4 Å². The predicted octanol–water partition coefficient (Wildman–Crippen LogP) is 4.32. The number of rotatable bonds is 12. The summed E-state index contributed by atoms with van der Waals surface area (Å²) in [6.07, 6.45) is 2.23. The van der Waals surface area contributed by atoms with E-state index in [0.717, 1.165) is 23.8 Å². The summed E-state index contributed by atoms with van der Waals surface area (Å²) in [7, 11) is -3.56. The summed E-state index contributed by atoms with van der Waals surface area (Å²) in [5.74, 6) is -0.931. The molecule has 198 valence electrons. The van der Waals surface area contributed by atoms with Gasteiger partial charge in [-0.3, -0.25) is 13.9 Å². The molecule has 0 saturated carbocycles. The number of nitrogens with one attached hydrogen (secondary N) is 1. The number of hydrogen-bond donors (Lipinski definition) is 1. The fraction of sp³-hybridized carbons (Fsp3) is 0.481. The Bertz CT molecular complexity index is 1130. The maximum Gasteiger partial charge on any atom is 0.242 e. The standard InChI is InChI=1S/C27H38FN3O4S/c1-7-21(4)29-27(33)22(5)30(18-23-10-12-24(28)13-11-23)26(32)9-8-14-31(36(6,34)35)25-16-19(2)15-20(3)17-25/h10-13,15-17,21-22H,7-9,14,18H2,1-6H3,(H,29,33)/t21-,22-/m1/s1. The van der Waals surface area contributed by atoms with E-state index >= 15 is 0 Å². The molecule has 7 nitrogen and oxygen atoms in total. The molecule has 0 aliphatic rings. The summed E-state index contributed by atoms with van der Waals surface area (Å²) in [6, 6.07) is 10.6. The topological polar surface area (TPSA) is 86.8 Å². The van der Waals surface area contributed by atoms with Crippen molar-refractivity contribution in [1.82, 2.24) is 10.2 Å². The van der Waals surface area contributed by atoms with Gasteiger partial charge in [0, 0.05) is 25.6 Å². The van der Waals surface area contributed by atoms with Gasteiger partial charge in [0.2, 0.25) is 21.8 Å². The number of aryl methyl sites for hydroxylation is 2. The van der Waals surface area contributed by atoms with Crippen LogP contribution in [0, 0.1) is 19.7 Å². The van der Waals surface area contributed by atoms with E-state index in [2.05, 4.69) is 5.32 Å². The van der Waals surface area contributed by atoms with Crippen LogP contribution < -0.4 is 9.62 Å². The molecule has 2 aromatic rings. The smallest absolute Gasteiger partial charge is 0.242 e. The molecular weight excluding hydrogens is 481 g/mol. The van der Waals surface area contributed by atoms with Crippen molar-refractivity contribution in [3.63, 3.8) is 0 Å². The molecular formula is C27H38FN3O4S. The van der Waals surface area contributed by atoms with Crippen molar-refractivity contribution >= 4 is 27.5 Å². The lowest BCUT2D eigenvalue weighted by Gasteiger charge is -2.30. The molecule has 2 rings (SSSR count). The second-order valence-electron chi connectivity index (χ2n) is 9.43. The molecule has 1 N–H and O–H groups in total. The number of amides is 2. The maximum atomic E-state index is 13.4. The first-order valence-electron chi connectivity index (χ1n) is 12.2. The third kappa shape index (κ3) is 8.62. The Labute approximate surface area is 214 Å². The maximum absolute atomic E-state index is 13.4. The Balaban J connectivity index is 2.19. The van der Waals surface area contributed by atoms with E-state index in [0.29, 0.717) is 11.3 Å². The number of anilines is 1. The van der Waals surface area contributed by atoms with Crippen LogP contribution in [-0.2, 0) is 26.2 Å². The predicted molar refractivity (Wildman–Crippen MR) is 142 cm³/mol. The summed E-state index contributed by atoms with van der Waals surface area (Å²) < 4.78 is 39.7. The fourth-order valence-corrected chi connectivity index (χ4v) is 4.88. The van der Waals surface area contributed by atoms with Crippen LogP contribution in [0.4, 0.5) is 10.1 Å². The lowest BCUT2D eigenvalue weighted by atomic mass is 10.1. The third-order valence-electron chi connectivity index (χ3n) is 6.08. The average molecular weight is 520 g/mol. The van der Waals surface area contributed by atoms with Gasteiger partial charge in [-0.25, -0.2) is 12.8 Å². The van der Waals surface area contributed by atoms with Crippen molar-refractivity contribution in [1.29, 1.82) is 0 Å². The number of carbonyl (C=O) groups excluding carboxylic acids is 2. The minimum absolute atomic E-state index is 0.0381. The average Bonchev–Trinajstić information content (AvgIpc) is 2.79. The van der Waals surface area contributed by atoms with Gasteiger partial charge < -0.3 is 10.2 Å². The van der Waals surface area contributed by atoms with Crippen molar-refractivity contribution in [2.75, 3.05) is 17.1 Å². The molecule has 0 spiro atoms. The molecule has 0 saturated heterocycles. The Morgan fingerprint density at radius 3 is 2.14 bits per heavy atom. The number of hydrogen-bond acceptors (Lipinski definition) is 4. The molecule has 36 heavy (non-hydrogen) atoms. The van der Waals surface area contributed by atoms with Gasteiger partial charge in [0.05, 0.1) is 11.9 Å². The minimum atomic E-state index is -3.56. The Kier molecular flexibility index (Phi) is 10.5. The van der Waals surface area contributed by atoms with E-state index in [1.807, 2.05) is 33.8 Å². The van der Waals surface area contributed by atoms with Gasteiger partial charge in [-0.1, -0.05) is 25.1 Å². The summed E-state index contributed by atoms with van der Waals surface area (Å²) in [4.78, 5) is 27.6. The van der Waals surface area contributed by atoms with Gasteiger partial charge in [0.1, 0.15) is 11.9 Å². The molecule has 0 unspecified atom stereocenters. The lowest BCUT2D eigenvalue weighted by molar-refractivity contribution is -0.140. The van der Waals surface area contributed by atoms with Gasteiger partial charge in [0.25, 0.3) is 0 Å². The third-order valence-corrected chi connectivity index (χ3v) is 7.28. The highest BCUT2D eigenvalue weighted by molar-refractivity contribution is 7.92. The number of carbonyl (C=O) groups is 2. The number of halogens is 1. The van der Waals surface area contributed by atoms with Gasteiger partial charge in [0.15, 0.2) is 0 Å². The van der Waals surface area contributed by atoms with Gasteiger partial charge >= 0.3 is 0 Å². The van der Waals surface area contributed by atoms with Crippen LogP contribution in [-0.4, -0.2) is 50.0 Å². The van der Waals surface area contributed by atoms with E-state index in [-0.39, 0.29) is 49.6 Å². The molecule has 0 bridgehead atoms. The molecule has 0 heterocycles. The van der Waals surface area contributed by atoms with E-state index in [1.165, 1.54) is 21.3 Å². The highest BCUT2D eigenvalue weighted by Gasteiger charge is 2.27. The zero-order valence-electron chi connectivity index (χ0n) is 22.0. The first-order chi connectivity index (χ1) is 16.8. The number of benzene rings is 2. The molecule has 0 radical (unpaired) electrons. The molecule has 0 aliphatic carbocycles. The largest absolute Gasteiger partial charge is 0.352 e. The quantitative estimate of drug-likeness (QED) is 0.453. The summed E-state index contributed by atoms with van der Waals surface area (Å²) in [5, 5.41) is 2.91. The van der Waals surface area contributed by atoms with E-state index in [9.17, 15) is 22.4 Å². The second kappa shape index (κ2) is 12.9. The van der Waals surface area contributed by atoms with Crippen molar-refractivity contribution in [2.24, 2.45) is 0 Å². The zero-order chi connectivity index (χ0) is 27.0. The molecule has 2 aromatic carbocycles. The van der Waals surface area contributed by atoms with E-state index in [4.69, 9.17) is 0 Å². The fourth-order valence-electron chi connectivity index (χ4n) is 3.93. The number of sulfonamides is 1. The van der Waals surface area contributed by atoms with Crippen LogP contribution in [0.15, 0.2) is 42.5 Å². The normalized spacial score (nSPS) is 13.1. The summed E-state index contributed by atoms with van der Waals surface area (Å²) >= 11 is 0. The second-order valence-corrected chi connectivity index (χ2v) is 11.3. The van der Waals surface area contributed by atoms with Crippen LogP contribution in [0.5, 0.6) is 0 Å². The van der Waals surface area contributed by atoms with Crippen molar-refractivity contribution in [2.45, 2.75) is 72.5 Å². The van der Waals surface area contributed by atoms with Crippen molar-refractivity contribution in [3.05, 3.63) is 65.0 Å². The first-order valence-corrected chi connectivity index (χ1v) is 14.1. The lowest BCUT2D eigenvalue weighted by Crippen LogP contribution is -2.49. The van der Waals surface area contributed by atoms with Crippen LogP contribution in [0.25, 0.3) is 0 Å². The van der Waals surface area contributed by atoms with Crippen LogP contribution in [0.3, 0.4) is 0 Å². The Morgan fingerprint density at radius 1 is 1.03 bits per heavy atom. The molecule has 9 heteroatoms. The monoisotopic (exact) mass is 519 g/mol. The molecule has 0 aliphatic heterocycles. The van der Waals surface area contributed by atoms with Crippen LogP contribution >= 0.6 is 0 Å². The van der Waals surface area contributed by atoms with Crippen molar-refractivity contribution in [3.8, 4) is 0 Å². The summed E-state index contributed by atoms with van der Waals surface area (Å²) in [5.41, 5.74) is 3.15. The molecule has 2 atom stereocenters. The summed E-state index contributed by atoms with van der Waals surface area (Å²) in [6.45, 7) is 9.59. The molecule has 0 fully saturated rings. The van der Waals surface area contributed by atoms with Gasteiger partial charge in [-0.15, -0.1) is 0 Å². The van der Waals surface area contributed by atoms with Crippen LogP contribution in [0.1, 0.15) is 56.7 Å². The SMILES string of the molecule is CC[C@@H](C)NC(=O)[C@@H](C)N(Cc1ccc(F)cc1)C(=O)CCCN(c1cc(C)cc(C)c1)S(C)(=O)=O. The Hall–Kier alpha value is -2.94. The minimum Gasteiger partial charge on any atom is -0.352 e. The highest BCUT2D eigenvalue weighted by atomic mass is 32.2. The molecule has 2 amide bonds. The van der Waals surface area contributed by atoms with Crippen LogP contribution in [0.2, 0.25) is 0 Å². The van der Waals surface area contributed by atoms with E-state index < -0.39 is 16.1 Å². The van der Waals surface area contributed by atoms with E-state index in [1.54, 1.807) is 31.2 Å². The Morgan fingerprint density at radius 2 is 1.61 bits per heavy atom. The van der Waals surface area contributed by atoms with Gasteiger partial charge in [-0.2, -0.15) is 0 Å². The molecule has 0 aromatic heterocycles. The number of nitrogens with zero attached hydrogens (tertiary/aromatic N) is 2. The first kappa shape index (κ1) is 29.3.